The molecule has 3 N–H and O–H groups in total. The third kappa shape index (κ3) is 6.11. The molecular weight excluding hydrogens is 436 g/mol. The van der Waals surface area contributed by atoms with Crippen molar-refractivity contribution < 1.29 is 9.59 Å². The number of H-pyrrole nitrogens is 1. The quantitative estimate of drug-likeness (QED) is 0.377. The summed E-state index contributed by atoms with van der Waals surface area (Å²) in [7, 11) is 0. The van der Waals surface area contributed by atoms with Gasteiger partial charge in [-0.1, -0.05) is 57.1 Å². The van der Waals surface area contributed by atoms with Gasteiger partial charge in [-0.05, 0) is 61.6 Å². The van der Waals surface area contributed by atoms with Crippen LogP contribution in [0.5, 0.6) is 0 Å². The molecule has 2 fully saturated rings. The highest BCUT2D eigenvalue weighted by Crippen LogP contribution is 2.25. The van der Waals surface area contributed by atoms with Gasteiger partial charge in [0.1, 0.15) is 5.82 Å². The molecule has 0 bridgehead atoms. The molecule has 0 radical (unpaired) electrons. The summed E-state index contributed by atoms with van der Waals surface area (Å²) >= 11 is 0. The van der Waals surface area contributed by atoms with Gasteiger partial charge in [-0.25, -0.2) is 4.98 Å². The highest BCUT2D eigenvalue weighted by Gasteiger charge is 2.20. The minimum atomic E-state index is -0.00941. The molecule has 6 heteroatoms. The van der Waals surface area contributed by atoms with Crippen LogP contribution in [0.4, 0.5) is 5.69 Å². The lowest BCUT2D eigenvalue weighted by atomic mass is 9.95. The first-order valence-corrected chi connectivity index (χ1v) is 13.3. The van der Waals surface area contributed by atoms with Crippen molar-refractivity contribution in [3.63, 3.8) is 0 Å². The zero-order valence-corrected chi connectivity index (χ0v) is 20.4. The fraction of sp³-hybridized carbons (Fsp3) is 0.483. The molecule has 2 aliphatic rings. The van der Waals surface area contributed by atoms with Crippen LogP contribution in [0.3, 0.4) is 0 Å². The Hall–Kier alpha value is -3.15. The van der Waals surface area contributed by atoms with Gasteiger partial charge in [-0.2, -0.15) is 0 Å². The summed E-state index contributed by atoms with van der Waals surface area (Å²) in [4.78, 5) is 33.4. The van der Waals surface area contributed by atoms with Crippen LogP contribution >= 0.6 is 0 Å². The van der Waals surface area contributed by atoms with Crippen LogP contribution in [0.25, 0.3) is 11.0 Å². The topological polar surface area (TPSA) is 86.9 Å². The number of fused-ring (bicyclic) bond motifs is 1. The Labute approximate surface area is 207 Å². The van der Waals surface area contributed by atoms with E-state index in [9.17, 15) is 9.59 Å². The van der Waals surface area contributed by atoms with Crippen LogP contribution in [-0.4, -0.2) is 27.8 Å². The molecular formula is C29H36N4O2. The summed E-state index contributed by atoms with van der Waals surface area (Å²) in [5, 5.41) is 6.28. The number of anilines is 1. The van der Waals surface area contributed by atoms with Crippen LogP contribution in [0.1, 0.15) is 92.4 Å². The number of carbonyl (C=O) groups is 2. The van der Waals surface area contributed by atoms with Gasteiger partial charge in [0.2, 0.25) is 5.91 Å². The van der Waals surface area contributed by atoms with E-state index in [1.54, 1.807) is 0 Å². The average molecular weight is 473 g/mol. The minimum Gasteiger partial charge on any atom is -0.349 e. The Bertz CT molecular complexity index is 1150. The number of hydrogen-bond donors (Lipinski definition) is 3. The van der Waals surface area contributed by atoms with E-state index >= 15 is 0 Å². The Morgan fingerprint density at radius 3 is 2.29 bits per heavy atom. The van der Waals surface area contributed by atoms with Crippen LogP contribution in [0.2, 0.25) is 0 Å². The Kier molecular flexibility index (Phi) is 7.45. The molecule has 1 aromatic heterocycles. The first kappa shape index (κ1) is 23.6. The molecule has 0 unspecified atom stereocenters. The lowest BCUT2D eigenvalue weighted by Gasteiger charge is -2.22. The van der Waals surface area contributed by atoms with Crippen LogP contribution in [-0.2, 0) is 11.2 Å². The fourth-order valence-corrected chi connectivity index (χ4v) is 5.48. The van der Waals surface area contributed by atoms with E-state index in [4.69, 9.17) is 4.98 Å². The average Bonchev–Trinajstić information content (AvgIpc) is 3.07. The van der Waals surface area contributed by atoms with Crippen molar-refractivity contribution in [1.29, 1.82) is 0 Å². The molecule has 0 spiro atoms. The molecule has 184 valence electrons. The Balaban J connectivity index is 1.19. The van der Waals surface area contributed by atoms with E-state index in [-0.39, 0.29) is 17.7 Å². The van der Waals surface area contributed by atoms with E-state index in [0.717, 1.165) is 66.6 Å². The highest BCUT2D eigenvalue weighted by molar-refractivity contribution is 5.97. The lowest BCUT2D eigenvalue weighted by molar-refractivity contribution is -0.120. The molecule has 0 saturated heterocycles. The summed E-state index contributed by atoms with van der Waals surface area (Å²) < 4.78 is 0. The van der Waals surface area contributed by atoms with Gasteiger partial charge in [-0.15, -0.1) is 0 Å². The van der Waals surface area contributed by atoms with E-state index in [0.29, 0.717) is 18.0 Å². The number of imidazole rings is 1. The smallest absolute Gasteiger partial charge is 0.251 e. The number of amides is 2. The second-order valence-corrected chi connectivity index (χ2v) is 10.3. The molecule has 0 aliphatic heterocycles. The maximum atomic E-state index is 12.7. The third-order valence-electron chi connectivity index (χ3n) is 7.55. The zero-order chi connectivity index (χ0) is 24.0. The molecule has 35 heavy (non-hydrogen) atoms. The number of benzene rings is 2. The van der Waals surface area contributed by atoms with Crippen molar-refractivity contribution in [3.05, 3.63) is 59.4 Å². The lowest BCUT2D eigenvalue weighted by Crippen LogP contribution is -2.36. The Morgan fingerprint density at radius 1 is 0.857 bits per heavy atom. The van der Waals surface area contributed by atoms with Gasteiger partial charge in [0.15, 0.2) is 0 Å². The predicted molar refractivity (Wildman–Crippen MR) is 140 cm³/mol. The van der Waals surface area contributed by atoms with Crippen molar-refractivity contribution in [1.82, 2.24) is 15.3 Å². The van der Waals surface area contributed by atoms with Crippen LogP contribution in [0.15, 0.2) is 42.5 Å². The maximum Gasteiger partial charge on any atom is 0.251 e. The van der Waals surface area contributed by atoms with E-state index in [2.05, 4.69) is 15.6 Å². The van der Waals surface area contributed by atoms with Gasteiger partial charge in [-0.3, -0.25) is 9.59 Å². The number of aromatic nitrogens is 2. The molecule has 2 aromatic carbocycles. The van der Waals surface area contributed by atoms with Crippen molar-refractivity contribution in [3.8, 4) is 0 Å². The van der Waals surface area contributed by atoms with Gasteiger partial charge in [0.05, 0.1) is 11.0 Å². The molecule has 5 rings (SSSR count). The molecule has 3 aromatic rings. The maximum absolute atomic E-state index is 12.7. The molecule has 0 atom stereocenters. The number of nitrogens with one attached hydrogen (secondary N) is 3. The third-order valence-corrected chi connectivity index (χ3v) is 7.55. The number of carbonyl (C=O) groups excluding carboxylic acids is 2. The molecule has 6 nitrogen and oxygen atoms in total. The number of nitrogens with zero attached hydrogens (tertiary/aromatic N) is 1. The van der Waals surface area contributed by atoms with Gasteiger partial charge in [0.25, 0.3) is 5.91 Å². The summed E-state index contributed by atoms with van der Waals surface area (Å²) in [6.45, 7) is 0. The minimum absolute atomic E-state index is 0.00941. The Morgan fingerprint density at radius 2 is 1.54 bits per heavy atom. The predicted octanol–water partition coefficient (Wildman–Crippen LogP) is 6.13. The summed E-state index contributed by atoms with van der Waals surface area (Å²) in [6, 6.07) is 14.0. The first-order chi connectivity index (χ1) is 17.1. The SMILES string of the molecule is O=C(NC1CCCCC1)c1ccc2[nH]c(Cc3ccc(NC(=O)C4CCCCCC4)cc3)nc2c1. The summed E-state index contributed by atoms with van der Waals surface area (Å²) in [5.41, 5.74) is 4.37. The van der Waals surface area contributed by atoms with E-state index in [1.807, 2.05) is 42.5 Å². The molecule has 2 aliphatic carbocycles. The summed E-state index contributed by atoms with van der Waals surface area (Å²) in [6.07, 6.45) is 13.3. The monoisotopic (exact) mass is 472 g/mol. The van der Waals surface area contributed by atoms with E-state index in [1.165, 1.54) is 32.1 Å². The second kappa shape index (κ2) is 11.1. The molecule has 2 saturated carbocycles. The van der Waals surface area contributed by atoms with Crippen molar-refractivity contribution in [2.45, 2.75) is 83.1 Å². The second-order valence-electron chi connectivity index (χ2n) is 10.3. The van der Waals surface area contributed by atoms with Gasteiger partial charge >= 0.3 is 0 Å². The normalized spacial score (nSPS) is 17.7. The van der Waals surface area contributed by atoms with Crippen molar-refractivity contribution in [2.24, 2.45) is 5.92 Å². The number of aromatic amines is 1. The molecule has 1 heterocycles. The first-order valence-electron chi connectivity index (χ1n) is 13.3. The zero-order valence-electron chi connectivity index (χ0n) is 20.4. The molecule has 2 amide bonds. The largest absolute Gasteiger partial charge is 0.349 e. The standard InChI is InChI=1S/C29H36N4O2/c34-28(21-8-4-1-2-5-9-21)31-24-15-12-20(13-16-24)18-27-32-25-17-14-22(19-26(25)33-27)29(35)30-23-10-6-3-7-11-23/h12-17,19,21,23H,1-11,18H2,(H,30,35)(H,31,34)(H,32,33). The van der Waals surface area contributed by atoms with Crippen molar-refractivity contribution >= 4 is 28.5 Å². The van der Waals surface area contributed by atoms with Gasteiger partial charge in [0, 0.05) is 29.6 Å². The highest BCUT2D eigenvalue weighted by atomic mass is 16.2. The fourth-order valence-electron chi connectivity index (χ4n) is 5.48. The number of hydrogen-bond acceptors (Lipinski definition) is 3. The van der Waals surface area contributed by atoms with Gasteiger partial charge < -0.3 is 15.6 Å². The number of rotatable bonds is 6. The van der Waals surface area contributed by atoms with E-state index < -0.39 is 0 Å². The van der Waals surface area contributed by atoms with Crippen LogP contribution in [0, 0.1) is 5.92 Å². The van der Waals surface area contributed by atoms with Crippen molar-refractivity contribution in [2.75, 3.05) is 5.32 Å². The van der Waals surface area contributed by atoms with Crippen LogP contribution < -0.4 is 10.6 Å². The summed E-state index contributed by atoms with van der Waals surface area (Å²) in [5.74, 6) is 1.15.